The van der Waals surface area contributed by atoms with Gasteiger partial charge in [-0.15, -0.1) is 0 Å². The van der Waals surface area contributed by atoms with E-state index < -0.39 is 0 Å². The normalized spacial score (nSPS) is 17.2. The Morgan fingerprint density at radius 1 is 1.13 bits per heavy atom. The minimum atomic E-state index is -0.381. The van der Waals surface area contributed by atoms with Crippen LogP contribution >= 0.6 is 0 Å². The summed E-state index contributed by atoms with van der Waals surface area (Å²) in [6, 6.07) is 13.3. The fraction of sp³-hybridized carbons (Fsp3) is 0.433. The number of aromatic amines is 1. The maximum atomic E-state index is 13.9. The minimum Gasteiger partial charge on any atom is -0.397 e. The third kappa shape index (κ3) is 6.55. The Balaban J connectivity index is 1.09. The lowest BCUT2D eigenvalue weighted by Crippen LogP contribution is -2.41. The number of likely N-dealkylation sites (tertiary alicyclic amines) is 1. The monoisotopic (exact) mass is 518 g/mol. The summed E-state index contributed by atoms with van der Waals surface area (Å²) in [6.45, 7) is 6.16. The molecule has 3 aromatic rings. The zero-order valence-corrected chi connectivity index (χ0v) is 22.2. The second-order valence-corrected chi connectivity index (χ2v) is 11.0. The molecule has 38 heavy (non-hydrogen) atoms. The standard InChI is InChI=1S/C30H39FN6O/c1-20(38)30-29(26-17-24(31)6-9-28(26)35-30)27(32)19-37(33)18-23-10-13-36(14-11-23)15-12-34-25-7-4-22(5-8-25)16-21-2-3-21/h4-9,17,19,21,23,34-35H,2-3,10-16,18,32-33H2,1H3/b27-19-. The number of hydrogen-bond donors (Lipinski definition) is 4. The second-order valence-electron chi connectivity index (χ2n) is 11.0. The van der Waals surface area contributed by atoms with Crippen molar-refractivity contribution >= 4 is 28.1 Å². The molecule has 2 aliphatic rings. The smallest absolute Gasteiger partial charge is 0.176 e. The minimum absolute atomic E-state index is 0.163. The van der Waals surface area contributed by atoms with Crippen molar-refractivity contribution in [2.75, 3.05) is 38.0 Å². The number of carbonyl (C=O) groups is 1. The molecular weight excluding hydrogens is 479 g/mol. The number of rotatable bonds is 11. The maximum absolute atomic E-state index is 13.9. The van der Waals surface area contributed by atoms with Gasteiger partial charge >= 0.3 is 0 Å². The Labute approximate surface area is 224 Å². The van der Waals surface area contributed by atoms with E-state index in [1.54, 1.807) is 17.3 Å². The van der Waals surface area contributed by atoms with Crippen molar-refractivity contribution in [2.45, 2.75) is 39.0 Å². The van der Waals surface area contributed by atoms with E-state index in [4.69, 9.17) is 11.6 Å². The van der Waals surface area contributed by atoms with Crippen molar-refractivity contribution in [1.29, 1.82) is 0 Å². The van der Waals surface area contributed by atoms with E-state index in [2.05, 4.69) is 39.5 Å². The zero-order valence-electron chi connectivity index (χ0n) is 22.2. The van der Waals surface area contributed by atoms with Gasteiger partial charge in [-0.25, -0.2) is 10.2 Å². The number of ketones is 1. The van der Waals surface area contributed by atoms with Gasteiger partial charge in [-0.05, 0) is 92.9 Å². The molecule has 0 radical (unpaired) electrons. The van der Waals surface area contributed by atoms with Gasteiger partial charge in [0.15, 0.2) is 5.78 Å². The number of hydrazine groups is 1. The number of halogens is 1. The van der Waals surface area contributed by atoms with Gasteiger partial charge in [-0.2, -0.15) is 0 Å². The molecule has 1 saturated carbocycles. The molecular formula is C30H39FN6O. The van der Waals surface area contributed by atoms with Gasteiger partial charge in [0.05, 0.1) is 11.4 Å². The number of anilines is 1. The van der Waals surface area contributed by atoms with E-state index in [0.29, 0.717) is 40.3 Å². The number of H-pyrrole nitrogens is 1. The Kier molecular flexibility index (Phi) is 8.00. The molecule has 1 saturated heterocycles. The molecule has 1 aliphatic heterocycles. The summed E-state index contributed by atoms with van der Waals surface area (Å²) in [6.07, 6.45) is 7.79. The quantitative estimate of drug-likeness (QED) is 0.166. The number of piperidine rings is 1. The number of nitrogens with zero attached hydrogens (tertiary/aromatic N) is 2. The molecule has 7 nitrogen and oxygen atoms in total. The molecule has 2 heterocycles. The second kappa shape index (κ2) is 11.6. The van der Waals surface area contributed by atoms with Crippen LogP contribution < -0.4 is 16.9 Å². The van der Waals surface area contributed by atoms with Crippen LogP contribution in [0.4, 0.5) is 10.1 Å². The molecule has 2 aromatic carbocycles. The number of benzene rings is 2. The Bertz CT molecular complexity index is 1290. The first kappa shape index (κ1) is 26.3. The van der Waals surface area contributed by atoms with E-state index in [0.717, 1.165) is 44.9 Å². The lowest BCUT2D eigenvalue weighted by molar-refractivity contribution is 0.101. The highest BCUT2D eigenvalue weighted by Crippen LogP contribution is 2.33. The van der Waals surface area contributed by atoms with Gasteiger partial charge < -0.3 is 25.9 Å². The van der Waals surface area contributed by atoms with Gasteiger partial charge in [0, 0.05) is 54.9 Å². The van der Waals surface area contributed by atoms with Crippen LogP contribution in [-0.4, -0.2) is 53.4 Å². The van der Waals surface area contributed by atoms with Crippen LogP contribution in [0.25, 0.3) is 16.6 Å². The molecule has 8 heteroatoms. The number of hydrogen-bond acceptors (Lipinski definition) is 6. The van der Waals surface area contributed by atoms with Gasteiger partial charge in [-0.1, -0.05) is 12.1 Å². The number of Topliss-reactive ketones (excluding diaryl/α,β-unsaturated/α-hetero) is 1. The van der Waals surface area contributed by atoms with Crippen molar-refractivity contribution in [3.63, 3.8) is 0 Å². The first-order valence-electron chi connectivity index (χ1n) is 13.7. The highest BCUT2D eigenvalue weighted by Gasteiger charge is 2.22. The fourth-order valence-electron chi connectivity index (χ4n) is 5.49. The summed E-state index contributed by atoms with van der Waals surface area (Å²) in [5.41, 5.74) is 10.9. The first-order chi connectivity index (χ1) is 18.4. The third-order valence-electron chi connectivity index (χ3n) is 7.81. The van der Waals surface area contributed by atoms with E-state index in [1.165, 1.54) is 49.6 Å². The van der Waals surface area contributed by atoms with Gasteiger partial charge in [0.2, 0.25) is 0 Å². The molecule has 0 amide bonds. The van der Waals surface area contributed by atoms with Crippen LogP contribution in [0.3, 0.4) is 0 Å². The molecule has 5 rings (SSSR count). The predicted molar refractivity (Wildman–Crippen MR) is 152 cm³/mol. The summed E-state index contributed by atoms with van der Waals surface area (Å²) < 4.78 is 13.9. The van der Waals surface area contributed by atoms with Gasteiger partial charge in [0.25, 0.3) is 0 Å². The molecule has 6 N–H and O–H groups in total. The number of carbonyl (C=O) groups excluding carboxylic acids is 1. The average Bonchev–Trinajstić information content (AvgIpc) is 3.62. The lowest BCUT2D eigenvalue weighted by Gasteiger charge is -2.33. The van der Waals surface area contributed by atoms with Crippen LogP contribution in [-0.2, 0) is 6.42 Å². The highest BCUT2D eigenvalue weighted by molar-refractivity contribution is 6.06. The Morgan fingerprint density at radius 3 is 2.55 bits per heavy atom. The molecule has 0 unspecified atom stereocenters. The summed E-state index contributed by atoms with van der Waals surface area (Å²) in [5, 5.41) is 5.73. The highest BCUT2D eigenvalue weighted by atomic mass is 19.1. The zero-order chi connectivity index (χ0) is 26.6. The largest absolute Gasteiger partial charge is 0.397 e. The van der Waals surface area contributed by atoms with Crippen molar-refractivity contribution in [3.8, 4) is 0 Å². The van der Waals surface area contributed by atoms with Crippen molar-refractivity contribution in [1.82, 2.24) is 14.9 Å². The number of nitrogens with two attached hydrogens (primary N) is 2. The number of nitrogens with one attached hydrogen (secondary N) is 2. The van der Waals surface area contributed by atoms with E-state index in [1.807, 2.05) is 0 Å². The molecule has 0 bridgehead atoms. The van der Waals surface area contributed by atoms with E-state index in [9.17, 15) is 9.18 Å². The third-order valence-corrected chi connectivity index (χ3v) is 7.81. The molecule has 1 aromatic heterocycles. The molecule has 1 aliphatic carbocycles. The van der Waals surface area contributed by atoms with Crippen molar-refractivity contribution < 1.29 is 9.18 Å². The molecule has 0 spiro atoms. The Hall–Kier alpha value is -3.36. The lowest BCUT2D eigenvalue weighted by atomic mass is 9.96. The van der Waals surface area contributed by atoms with Crippen LogP contribution in [0.1, 0.15) is 54.2 Å². The molecule has 202 valence electrons. The summed E-state index contributed by atoms with van der Waals surface area (Å²) in [5.74, 6) is 7.15. The van der Waals surface area contributed by atoms with Gasteiger partial charge in [0.1, 0.15) is 5.82 Å². The molecule has 2 fully saturated rings. The maximum Gasteiger partial charge on any atom is 0.176 e. The summed E-state index contributed by atoms with van der Waals surface area (Å²) in [4.78, 5) is 17.8. The number of aromatic nitrogens is 1. The summed E-state index contributed by atoms with van der Waals surface area (Å²) >= 11 is 0. The summed E-state index contributed by atoms with van der Waals surface area (Å²) in [7, 11) is 0. The van der Waals surface area contributed by atoms with E-state index >= 15 is 0 Å². The van der Waals surface area contributed by atoms with Crippen LogP contribution in [0, 0.1) is 17.7 Å². The van der Waals surface area contributed by atoms with Crippen molar-refractivity contribution in [3.05, 3.63) is 71.3 Å². The topological polar surface area (TPSA) is 103 Å². The Morgan fingerprint density at radius 2 is 1.87 bits per heavy atom. The first-order valence-corrected chi connectivity index (χ1v) is 13.7. The van der Waals surface area contributed by atoms with Crippen LogP contribution in [0.2, 0.25) is 0 Å². The van der Waals surface area contributed by atoms with Crippen LogP contribution in [0.5, 0.6) is 0 Å². The predicted octanol–water partition coefficient (Wildman–Crippen LogP) is 4.72. The van der Waals surface area contributed by atoms with E-state index in [-0.39, 0.29) is 11.6 Å². The SMILES string of the molecule is CC(=O)c1[nH]c2ccc(F)cc2c1/C(N)=C/N(N)CC1CCN(CCNc2ccc(CC3CC3)cc2)CC1. The number of fused-ring (bicyclic) bond motifs is 1. The molecule has 0 atom stereocenters. The van der Waals surface area contributed by atoms with Crippen molar-refractivity contribution in [2.24, 2.45) is 23.4 Å². The average molecular weight is 519 g/mol. The van der Waals surface area contributed by atoms with Crippen LogP contribution in [0.15, 0.2) is 48.7 Å². The fourth-order valence-corrected chi connectivity index (χ4v) is 5.49. The van der Waals surface area contributed by atoms with Gasteiger partial charge in [-0.3, -0.25) is 4.79 Å².